The van der Waals surface area contributed by atoms with Gasteiger partial charge in [0.25, 0.3) is 0 Å². The van der Waals surface area contributed by atoms with E-state index in [-0.39, 0.29) is 10.6 Å². The van der Waals surface area contributed by atoms with Crippen molar-refractivity contribution in [2.75, 3.05) is 7.11 Å². The summed E-state index contributed by atoms with van der Waals surface area (Å²) in [5, 5.41) is 8.96. The van der Waals surface area contributed by atoms with E-state index in [4.69, 9.17) is 21.4 Å². The quantitative estimate of drug-likeness (QED) is 0.854. The van der Waals surface area contributed by atoms with Crippen LogP contribution in [0.15, 0.2) is 12.1 Å². The molecule has 0 fully saturated rings. The molecule has 5 heteroatoms. The van der Waals surface area contributed by atoms with Crippen LogP contribution >= 0.6 is 34.2 Å². The molecule has 0 saturated heterocycles. The maximum absolute atomic E-state index is 10.8. The zero-order valence-corrected chi connectivity index (χ0v) is 9.59. The second-order valence-corrected chi connectivity index (χ2v) is 3.78. The van der Waals surface area contributed by atoms with Gasteiger partial charge in [-0.15, -0.1) is 0 Å². The highest BCUT2D eigenvalue weighted by Crippen LogP contribution is 2.31. The molecule has 1 rings (SSSR count). The number of hydrogen-bond acceptors (Lipinski definition) is 2. The largest absolute Gasteiger partial charge is 0.495 e. The molecule has 0 bridgehead atoms. The van der Waals surface area contributed by atoms with Gasteiger partial charge in [-0.25, -0.2) is 4.79 Å². The van der Waals surface area contributed by atoms with Crippen LogP contribution in [0.25, 0.3) is 0 Å². The normalized spacial score (nSPS) is 9.77. The molecule has 0 atom stereocenters. The van der Waals surface area contributed by atoms with Gasteiger partial charge in [-0.3, -0.25) is 0 Å². The van der Waals surface area contributed by atoms with Crippen molar-refractivity contribution in [3.63, 3.8) is 0 Å². The SMILES string of the molecule is COc1ccc(I)c(C(=O)O)c1Cl. The number of benzene rings is 1. The van der Waals surface area contributed by atoms with Gasteiger partial charge in [0.05, 0.1) is 17.7 Å². The van der Waals surface area contributed by atoms with Crippen molar-refractivity contribution in [1.82, 2.24) is 0 Å². The Labute approximate surface area is 93.8 Å². The fraction of sp³-hybridized carbons (Fsp3) is 0.125. The van der Waals surface area contributed by atoms with Crippen molar-refractivity contribution in [1.29, 1.82) is 0 Å². The van der Waals surface area contributed by atoms with Crippen LogP contribution in [0.3, 0.4) is 0 Å². The zero-order valence-electron chi connectivity index (χ0n) is 6.67. The second-order valence-electron chi connectivity index (χ2n) is 2.24. The molecular formula is C8H6ClIO3. The number of halogens is 2. The molecule has 0 aliphatic rings. The molecule has 1 N–H and O–H groups in total. The van der Waals surface area contributed by atoms with Gasteiger partial charge in [-0.2, -0.15) is 0 Å². The van der Waals surface area contributed by atoms with Gasteiger partial charge in [0, 0.05) is 3.57 Å². The van der Waals surface area contributed by atoms with Crippen LogP contribution in [-0.4, -0.2) is 18.2 Å². The third kappa shape index (κ3) is 2.05. The van der Waals surface area contributed by atoms with Gasteiger partial charge in [-0.1, -0.05) is 11.6 Å². The van der Waals surface area contributed by atoms with E-state index >= 15 is 0 Å². The summed E-state index contributed by atoms with van der Waals surface area (Å²) in [7, 11) is 1.44. The molecule has 0 saturated carbocycles. The Balaban J connectivity index is 3.38. The number of rotatable bonds is 2. The molecule has 0 unspecified atom stereocenters. The standard InChI is InChI=1S/C8H6ClIO3/c1-13-5-3-2-4(10)6(7(5)9)8(11)12/h2-3H,1H3,(H,11,12). The highest BCUT2D eigenvalue weighted by atomic mass is 127. The van der Waals surface area contributed by atoms with E-state index in [1.807, 2.05) is 22.6 Å². The Morgan fingerprint density at radius 3 is 2.69 bits per heavy atom. The van der Waals surface area contributed by atoms with E-state index in [1.165, 1.54) is 7.11 Å². The maximum Gasteiger partial charge on any atom is 0.338 e. The second kappa shape index (κ2) is 4.15. The number of carboxylic acid groups (broad SMARTS) is 1. The summed E-state index contributed by atoms with van der Waals surface area (Å²) in [5.41, 5.74) is 0.0848. The number of carboxylic acids is 1. The average Bonchev–Trinajstić information content (AvgIpc) is 2.04. The van der Waals surface area contributed by atoms with Gasteiger partial charge in [0.15, 0.2) is 0 Å². The smallest absolute Gasteiger partial charge is 0.338 e. The summed E-state index contributed by atoms with van der Waals surface area (Å²) in [6.45, 7) is 0. The lowest BCUT2D eigenvalue weighted by molar-refractivity contribution is 0.0695. The van der Waals surface area contributed by atoms with Crippen molar-refractivity contribution < 1.29 is 14.6 Å². The van der Waals surface area contributed by atoms with Crippen molar-refractivity contribution in [3.05, 3.63) is 26.3 Å². The van der Waals surface area contributed by atoms with E-state index < -0.39 is 5.97 Å². The van der Waals surface area contributed by atoms with Gasteiger partial charge < -0.3 is 9.84 Å². The van der Waals surface area contributed by atoms with Crippen molar-refractivity contribution in [2.24, 2.45) is 0 Å². The van der Waals surface area contributed by atoms with Gasteiger partial charge >= 0.3 is 5.97 Å². The van der Waals surface area contributed by atoms with E-state index in [0.717, 1.165) is 0 Å². The lowest BCUT2D eigenvalue weighted by Crippen LogP contribution is -2.02. The number of ether oxygens (including phenoxy) is 1. The van der Waals surface area contributed by atoms with Crippen molar-refractivity contribution in [2.45, 2.75) is 0 Å². The van der Waals surface area contributed by atoms with E-state index in [2.05, 4.69) is 0 Å². The predicted molar refractivity (Wildman–Crippen MR) is 57.7 cm³/mol. The molecule has 1 aromatic carbocycles. The number of aromatic carboxylic acids is 1. The summed E-state index contributed by atoms with van der Waals surface area (Å²) in [6, 6.07) is 3.28. The molecule has 1 aromatic rings. The van der Waals surface area contributed by atoms with E-state index in [9.17, 15) is 4.79 Å². The first-order valence-corrected chi connectivity index (χ1v) is 4.79. The highest BCUT2D eigenvalue weighted by Gasteiger charge is 2.16. The molecule has 0 aliphatic heterocycles. The van der Waals surface area contributed by atoms with Crippen LogP contribution in [0.2, 0.25) is 5.02 Å². The summed E-state index contributed by atoms with van der Waals surface area (Å²) >= 11 is 7.71. The molecule has 0 heterocycles. The van der Waals surface area contributed by atoms with Crippen molar-refractivity contribution in [3.8, 4) is 5.75 Å². The number of carbonyl (C=O) groups is 1. The monoisotopic (exact) mass is 312 g/mol. The molecule has 0 amide bonds. The summed E-state index contributed by atoms with van der Waals surface area (Å²) < 4.78 is 5.49. The van der Waals surface area contributed by atoms with Gasteiger partial charge in [0.1, 0.15) is 5.75 Å². The Bertz CT molecular complexity index is 351. The van der Waals surface area contributed by atoms with Gasteiger partial charge in [-0.05, 0) is 34.7 Å². The van der Waals surface area contributed by atoms with Crippen molar-refractivity contribution >= 4 is 40.2 Å². The minimum atomic E-state index is -1.05. The van der Waals surface area contributed by atoms with E-state index in [1.54, 1.807) is 12.1 Å². The Morgan fingerprint density at radius 1 is 1.62 bits per heavy atom. The first-order valence-electron chi connectivity index (χ1n) is 3.33. The van der Waals surface area contributed by atoms with Crippen LogP contribution in [0, 0.1) is 3.57 Å². The topological polar surface area (TPSA) is 46.5 Å². The molecular weight excluding hydrogens is 306 g/mol. The number of hydrogen-bond donors (Lipinski definition) is 1. The maximum atomic E-state index is 10.8. The van der Waals surface area contributed by atoms with Crippen LogP contribution in [0.5, 0.6) is 5.75 Å². The molecule has 3 nitrogen and oxygen atoms in total. The minimum Gasteiger partial charge on any atom is -0.495 e. The average molecular weight is 312 g/mol. The Morgan fingerprint density at radius 2 is 2.23 bits per heavy atom. The van der Waals surface area contributed by atoms with Gasteiger partial charge in [0.2, 0.25) is 0 Å². The molecule has 0 radical (unpaired) electrons. The fourth-order valence-corrected chi connectivity index (χ4v) is 2.05. The summed E-state index contributed by atoms with van der Waals surface area (Å²) in [5.74, 6) is -0.673. The molecule has 13 heavy (non-hydrogen) atoms. The summed E-state index contributed by atoms with van der Waals surface area (Å²) in [6.07, 6.45) is 0. The lowest BCUT2D eigenvalue weighted by atomic mass is 10.2. The fourth-order valence-electron chi connectivity index (χ4n) is 0.887. The molecule has 0 aromatic heterocycles. The minimum absolute atomic E-state index is 0.0848. The van der Waals surface area contributed by atoms with Crippen LogP contribution in [0.4, 0.5) is 0 Å². The van der Waals surface area contributed by atoms with Crippen LogP contribution in [-0.2, 0) is 0 Å². The number of methoxy groups -OCH3 is 1. The van der Waals surface area contributed by atoms with Crippen LogP contribution < -0.4 is 4.74 Å². The van der Waals surface area contributed by atoms with Crippen LogP contribution in [0.1, 0.15) is 10.4 Å². The first-order chi connectivity index (χ1) is 6.07. The lowest BCUT2D eigenvalue weighted by Gasteiger charge is -2.06. The van der Waals surface area contributed by atoms with E-state index in [0.29, 0.717) is 9.32 Å². The highest BCUT2D eigenvalue weighted by molar-refractivity contribution is 14.1. The summed E-state index contributed by atoms with van der Waals surface area (Å²) in [4.78, 5) is 10.8. The third-order valence-corrected chi connectivity index (χ3v) is 2.76. The Hall–Kier alpha value is -0.490. The zero-order chi connectivity index (χ0) is 10.0. The predicted octanol–water partition coefficient (Wildman–Crippen LogP) is 2.65. The molecule has 70 valence electrons. The Kier molecular flexibility index (Phi) is 3.38. The first kappa shape index (κ1) is 10.6. The third-order valence-electron chi connectivity index (χ3n) is 1.49. The molecule has 0 aliphatic carbocycles. The molecule has 0 spiro atoms.